The van der Waals surface area contributed by atoms with E-state index in [9.17, 15) is 4.79 Å². The van der Waals surface area contributed by atoms with Crippen LogP contribution in [0.25, 0.3) is 12.2 Å². The van der Waals surface area contributed by atoms with Crippen molar-refractivity contribution in [1.82, 2.24) is 5.32 Å². The Morgan fingerprint density at radius 1 is 1.00 bits per heavy atom. The highest BCUT2D eigenvalue weighted by Crippen LogP contribution is 2.26. The number of benzene rings is 1. The second-order valence-electron chi connectivity index (χ2n) is 6.60. The highest BCUT2D eigenvalue weighted by Gasteiger charge is 2.01. The maximum absolute atomic E-state index is 10.7. The number of rotatable bonds is 9. The van der Waals surface area contributed by atoms with E-state index in [1.54, 1.807) is 14.2 Å². The third-order valence-corrected chi connectivity index (χ3v) is 4.27. The van der Waals surface area contributed by atoms with Gasteiger partial charge in [-0.25, -0.2) is 4.98 Å². The minimum absolute atomic E-state index is 0.131. The van der Waals surface area contributed by atoms with Gasteiger partial charge >= 0.3 is 0 Å². The summed E-state index contributed by atoms with van der Waals surface area (Å²) in [7, 11) is 3.30. The fraction of sp³-hybridized carbons (Fsp3) is 0.440. The fourth-order valence-electron chi connectivity index (χ4n) is 2.16. The van der Waals surface area contributed by atoms with E-state index >= 15 is 0 Å². The third kappa shape index (κ3) is 14.2. The normalized spacial score (nSPS) is 9.74. The van der Waals surface area contributed by atoms with E-state index in [0.29, 0.717) is 13.0 Å². The van der Waals surface area contributed by atoms with Crippen LogP contribution in [-0.4, -0.2) is 32.4 Å². The maximum atomic E-state index is 10.7. The molecule has 0 aliphatic heterocycles. The van der Waals surface area contributed by atoms with Crippen molar-refractivity contribution in [1.29, 1.82) is 0 Å². The number of hydrogen-bond donors (Lipinski definition) is 2. The number of nitrogens with one attached hydrogen (secondary N) is 2. The number of carbonyl (C=O) groups is 1. The number of pyridine rings is 1. The monoisotopic (exact) mass is 447 g/mol. The van der Waals surface area contributed by atoms with Crippen molar-refractivity contribution in [3.63, 3.8) is 0 Å². The number of methoxy groups -OCH3 is 2. The summed E-state index contributed by atoms with van der Waals surface area (Å²) in [4.78, 5) is 13.7. The van der Waals surface area contributed by atoms with Gasteiger partial charge in [-0.15, -0.1) is 0 Å². The zero-order valence-corrected chi connectivity index (χ0v) is 20.5. The zero-order valence-electron chi connectivity index (χ0n) is 19.6. The molecule has 0 saturated carbocycles. The van der Waals surface area contributed by atoms with Crippen molar-refractivity contribution in [3.05, 3.63) is 53.9 Å². The average Bonchev–Trinajstić information content (AvgIpc) is 2.82. The molecule has 2 rings (SSSR count). The lowest BCUT2D eigenvalue weighted by Gasteiger charge is -2.07. The largest absolute Gasteiger partial charge is 0.497 e. The third-order valence-electron chi connectivity index (χ3n) is 4.05. The lowest BCUT2D eigenvalue weighted by atomic mass is 10.1. The number of aromatic nitrogens is 1. The highest BCUT2D eigenvalue weighted by molar-refractivity contribution is 7.80. The summed E-state index contributed by atoms with van der Waals surface area (Å²) in [5, 5.41) is 2.72. The molecule has 31 heavy (non-hydrogen) atoms. The lowest BCUT2D eigenvalue weighted by molar-refractivity contribution is -0.378. The molecule has 1 amide bonds. The molecule has 1 aromatic heterocycles. The second-order valence-corrected chi connectivity index (χ2v) is 7.05. The van der Waals surface area contributed by atoms with Gasteiger partial charge in [0.1, 0.15) is 11.5 Å². The van der Waals surface area contributed by atoms with Crippen LogP contribution in [0, 0.1) is 0 Å². The van der Waals surface area contributed by atoms with Crippen molar-refractivity contribution < 1.29 is 19.3 Å². The van der Waals surface area contributed by atoms with Crippen LogP contribution in [-0.2, 0) is 4.79 Å². The average molecular weight is 448 g/mol. The lowest BCUT2D eigenvalue weighted by Crippen LogP contribution is -2.24. The Hall–Kier alpha value is -2.47. The van der Waals surface area contributed by atoms with E-state index in [0.717, 1.165) is 34.8 Å². The number of ether oxygens (including phenoxy) is 2. The summed E-state index contributed by atoms with van der Waals surface area (Å²) in [5.41, 5.74) is 2.15. The van der Waals surface area contributed by atoms with Gasteiger partial charge in [0.25, 0.3) is 0 Å². The van der Waals surface area contributed by atoms with Crippen LogP contribution in [0.4, 0.5) is 0 Å². The second kappa shape index (κ2) is 19.5. The molecule has 172 valence electrons. The van der Waals surface area contributed by atoms with Gasteiger partial charge < -0.3 is 14.8 Å². The van der Waals surface area contributed by atoms with Crippen LogP contribution >= 0.6 is 12.6 Å². The first-order valence-corrected chi connectivity index (χ1v) is 11.4. The standard InChI is InChI=1S/C15H15NO2.C6H13NOS.C4H10/c1-17-14-6-5-13(15(11-14)18-2)4-3-12-7-9-16-10-8-12;1-2-3-6(8)7-4-5-9;1-3-4-2/h3-11H,1-2H3;9H,2-5H2,1H3,(H,7,8);3-4H2,1-2H3/p+1/b4-3+;;. The molecular formula is C25H39N2O3S+. The molecule has 0 fully saturated rings. The van der Waals surface area contributed by atoms with E-state index in [-0.39, 0.29) is 5.91 Å². The van der Waals surface area contributed by atoms with Gasteiger partial charge in [0, 0.05) is 42.5 Å². The van der Waals surface area contributed by atoms with E-state index in [4.69, 9.17) is 9.47 Å². The van der Waals surface area contributed by atoms with Gasteiger partial charge in [0.2, 0.25) is 5.91 Å². The molecular weight excluding hydrogens is 408 g/mol. The van der Waals surface area contributed by atoms with Gasteiger partial charge in [-0.3, -0.25) is 4.79 Å². The number of H-pyrrole nitrogens is 1. The van der Waals surface area contributed by atoms with Crippen molar-refractivity contribution in [3.8, 4) is 11.5 Å². The van der Waals surface area contributed by atoms with Gasteiger partial charge in [-0.05, 0) is 24.1 Å². The first kappa shape index (κ1) is 28.5. The van der Waals surface area contributed by atoms with Gasteiger partial charge in [0.15, 0.2) is 12.4 Å². The van der Waals surface area contributed by atoms with Gasteiger partial charge in [-0.2, -0.15) is 12.6 Å². The minimum Gasteiger partial charge on any atom is -0.497 e. The molecule has 2 N–H and O–H groups in total. The Kier molecular flexibility index (Phi) is 17.9. The molecule has 0 aliphatic rings. The Bertz CT molecular complexity index is 735. The molecule has 0 spiro atoms. The van der Waals surface area contributed by atoms with E-state index in [2.05, 4.69) is 36.8 Å². The van der Waals surface area contributed by atoms with Crippen LogP contribution < -0.4 is 19.8 Å². The zero-order chi connectivity index (χ0) is 23.3. The quantitative estimate of drug-likeness (QED) is 0.511. The maximum Gasteiger partial charge on any atom is 0.220 e. The predicted octanol–water partition coefficient (Wildman–Crippen LogP) is 5.33. The van der Waals surface area contributed by atoms with Gasteiger partial charge in [-0.1, -0.05) is 45.8 Å². The van der Waals surface area contributed by atoms with Crippen molar-refractivity contribution in [2.24, 2.45) is 0 Å². The summed E-state index contributed by atoms with van der Waals surface area (Å²) < 4.78 is 10.5. The molecule has 5 nitrogen and oxygen atoms in total. The number of amides is 1. The Labute approximate surface area is 193 Å². The number of hydrogen-bond acceptors (Lipinski definition) is 4. The van der Waals surface area contributed by atoms with Crippen LogP contribution in [0.3, 0.4) is 0 Å². The number of carbonyl (C=O) groups excluding carboxylic acids is 1. The first-order valence-electron chi connectivity index (χ1n) is 10.8. The molecule has 0 unspecified atom stereocenters. The van der Waals surface area contributed by atoms with E-state index in [1.807, 2.05) is 61.8 Å². The molecule has 0 aliphatic carbocycles. The Morgan fingerprint density at radius 2 is 1.68 bits per heavy atom. The summed E-state index contributed by atoms with van der Waals surface area (Å²) in [6.45, 7) is 7.03. The topological polar surface area (TPSA) is 61.7 Å². The van der Waals surface area contributed by atoms with Crippen molar-refractivity contribution in [2.45, 2.75) is 46.5 Å². The van der Waals surface area contributed by atoms with E-state index in [1.165, 1.54) is 12.8 Å². The Morgan fingerprint density at radius 3 is 2.19 bits per heavy atom. The molecule has 0 bridgehead atoms. The number of unbranched alkanes of at least 4 members (excludes halogenated alkanes) is 1. The van der Waals surface area contributed by atoms with Gasteiger partial charge in [0.05, 0.1) is 14.2 Å². The number of aromatic amines is 1. The molecule has 0 saturated heterocycles. The van der Waals surface area contributed by atoms with Crippen LogP contribution in [0.15, 0.2) is 42.7 Å². The van der Waals surface area contributed by atoms with Crippen LogP contribution in [0.5, 0.6) is 11.5 Å². The van der Waals surface area contributed by atoms with Crippen molar-refractivity contribution >= 4 is 30.7 Å². The predicted molar refractivity (Wildman–Crippen MR) is 134 cm³/mol. The molecule has 2 aromatic rings. The summed E-state index contributed by atoms with van der Waals surface area (Å²) in [5.74, 6) is 2.44. The van der Waals surface area contributed by atoms with E-state index < -0.39 is 0 Å². The number of thiol groups is 1. The summed E-state index contributed by atoms with van der Waals surface area (Å²) in [6.07, 6.45) is 12.0. The molecule has 6 heteroatoms. The van der Waals surface area contributed by atoms with Crippen molar-refractivity contribution in [2.75, 3.05) is 26.5 Å². The molecule has 1 heterocycles. The molecule has 0 radical (unpaired) electrons. The molecule has 0 atom stereocenters. The minimum atomic E-state index is 0.131. The fourth-order valence-corrected chi connectivity index (χ4v) is 2.28. The summed E-state index contributed by atoms with van der Waals surface area (Å²) >= 11 is 3.95. The Balaban J connectivity index is 0.000000581. The first-order chi connectivity index (χ1) is 15.1. The summed E-state index contributed by atoms with van der Waals surface area (Å²) in [6, 6.07) is 9.78. The van der Waals surface area contributed by atoms with Crippen LogP contribution in [0.1, 0.15) is 57.6 Å². The highest BCUT2D eigenvalue weighted by atomic mass is 32.1. The SMILES string of the molecule is CCCC.CCCC(=O)NCCS.COc1ccc(/C=C/c2cc[nH+]cc2)c(OC)c1. The van der Waals surface area contributed by atoms with Crippen LogP contribution in [0.2, 0.25) is 0 Å². The molecule has 1 aromatic carbocycles. The smallest absolute Gasteiger partial charge is 0.220 e.